The first-order chi connectivity index (χ1) is 15.0. The van der Waals surface area contributed by atoms with Crippen molar-refractivity contribution < 1.29 is 9.90 Å². The highest BCUT2D eigenvalue weighted by Crippen LogP contribution is 2.29. The second kappa shape index (κ2) is 9.65. The number of aromatic nitrogens is 2. The summed E-state index contributed by atoms with van der Waals surface area (Å²) in [6.45, 7) is 1.38. The largest absolute Gasteiger partial charge is 0.390 e. The first-order valence-electron chi connectivity index (χ1n) is 9.83. The molecule has 2 unspecified atom stereocenters. The molecule has 0 aliphatic carbocycles. The van der Waals surface area contributed by atoms with E-state index in [0.29, 0.717) is 17.4 Å². The molecular formula is C22H22ClN5O2S. The molecule has 0 radical (unpaired) electrons. The Hall–Kier alpha value is -2.65. The Balaban J connectivity index is 1.34. The van der Waals surface area contributed by atoms with E-state index in [0.717, 1.165) is 29.0 Å². The van der Waals surface area contributed by atoms with E-state index in [1.54, 1.807) is 36.5 Å². The summed E-state index contributed by atoms with van der Waals surface area (Å²) in [6, 6.07) is 15.1. The van der Waals surface area contributed by atoms with E-state index in [4.69, 9.17) is 17.3 Å². The number of β-amino-alcohol motifs (C(OH)–C–C–N with tert-alkyl or cyclic N) is 1. The van der Waals surface area contributed by atoms with Gasteiger partial charge in [0.25, 0.3) is 5.91 Å². The lowest BCUT2D eigenvalue weighted by molar-refractivity contribution is 0.0990. The number of hydrogen-bond acceptors (Lipinski definition) is 7. The van der Waals surface area contributed by atoms with Gasteiger partial charge in [0.15, 0.2) is 0 Å². The van der Waals surface area contributed by atoms with Crippen molar-refractivity contribution in [2.45, 2.75) is 23.5 Å². The molecule has 3 heterocycles. The van der Waals surface area contributed by atoms with E-state index < -0.39 is 12.0 Å². The molecule has 1 aliphatic rings. The molecule has 2 atom stereocenters. The van der Waals surface area contributed by atoms with Crippen molar-refractivity contribution in [3.63, 3.8) is 0 Å². The van der Waals surface area contributed by atoms with Crippen LogP contribution in [0.2, 0.25) is 5.02 Å². The predicted octanol–water partition coefficient (Wildman–Crippen LogP) is 3.45. The van der Waals surface area contributed by atoms with E-state index in [-0.39, 0.29) is 11.7 Å². The first kappa shape index (κ1) is 21.6. The van der Waals surface area contributed by atoms with Crippen molar-refractivity contribution >= 4 is 35.3 Å². The standard InChI is InChI=1S/C22H22ClN5O2S/c23-16-3-6-21(26-12-16)27-18-8-10-28(13-20(18)29)31-17-4-1-14(2-5-17)15-7-9-25-19(11-15)22(24)30/h1-7,9,11-12,18,20,29H,8,10,13H2,(H2,24,30)(H,26,27). The molecule has 7 nitrogen and oxygen atoms in total. The fourth-order valence-corrected chi connectivity index (χ4v) is 4.50. The third-order valence-corrected chi connectivity index (χ3v) is 6.34. The maximum atomic E-state index is 11.3. The van der Waals surface area contributed by atoms with Gasteiger partial charge in [0.2, 0.25) is 0 Å². The van der Waals surface area contributed by atoms with Crippen molar-refractivity contribution in [1.29, 1.82) is 0 Å². The number of carbonyl (C=O) groups is 1. The second-order valence-corrected chi connectivity index (χ2v) is 8.87. The highest BCUT2D eigenvalue weighted by molar-refractivity contribution is 7.97. The van der Waals surface area contributed by atoms with Gasteiger partial charge in [-0.15, -0.1) is 0 Å². The van der Waals surface area contributed by atoms with E-state index in [9.17, 15) is 9.90 Å². The van der Waals surface area contributed by atoms with Gasteiger partial charge in [0, 0.05) is 30.4 Å². The number of halogens is 1. The summed E-state index contributed by atoms with van der Waals surface area (Å²) in [6.07, 6.45) is 3.45. The van der Waals surface area contributed by atoms with Crippen molar-refractivity contribution in [3.8, 4) is 11.1 Å². The summed E-state index contributed by atoms with van der Waals surface area (Å²) in [7, 11) is 0. The van der Waals surface area contributed by atoms with Crippen molar-refractivity contribution in [1.82, 2.24) is 14.3 Å². The summed E-state index contributed by atoms with van der Waals surface area (Å²) >= 11 is 7.49. The lowest BCUT2D eigenvalue weighted by Gasteiger charge is -2.35. The average molecular weight is 456 g/mol. The minimum absolute atomic E-state index is 0.0564. The molecule has 9 heteroatoms. The van der Waals surface area contributed by atoms with Crippen molar-refractivity contribution in [2.75, 3.05) is 18.4 Å². The Morgan fingerprint density at radius 3 is 2.65 bits per heavy atom. The third-order valence-electron chi connectivity index (χ3n) is 5.04. The van der Waals surface area contributed by atoms with Crippen LogP contribution < -0.4 is 11.1 Å². The molecule has 2 aromatic heterocycles. The van der Waals surface area contributed by atoms with Crippen LogP contribution in [0.4, 0.5) is 5.82 Å². The summed E-state index contributed by atoms with van der Waals surface area (Å²) in [5.41, 5.74) is 7.43. The minimum atomic E-state index is -0.544. The molecule has 1 aromatic carbocycles. The van der Waals surface area contributed by atoms with Gasteiger partial charge in [-0.2, -0.15) is 0 Å². The number of pyridine rings is 2. The molecule has 1 amide bonds. The number of hydrogen-bond donors (Lipinski definition) is 3. The molecule has 1 fully saturated rings. The number of primary amides is 1. The summed E-state index contributed by atoms with van der Waals surface area (Å²) in [4.78, 5) is 20.6. The van der Waals surface area contributed by atoms with Crippen LogP contribution in [-0.4, -0.2) is 50.5 Å². The number of rotatable bonds is 6. The summed E-state index contributed by atoms with van der Waals surface area (Å²) < 4.78 is 2.16. The second-order valence-electron chi connectivity index (χ2n) is 7.27. The van der Waals surface area contributed by atoms with Crippen LogP contribution in [0.15, 0.2) is 65.8 Å². The zero-order chi connectivity index (χ0) is 21.8. The van der Waals surface area contributed by atoms with Gasteiger partial charge < -0.3 is 16.2 Å². The topological polar surface area (TPSA) is 104 Å². The van der Waals surface area contributed by atoms with Gasteiger partial charge in [0.05, 0.1) is 17.2 Å². The summed E-state index contributed by atoms with van der Waals surface area (Å²) in [5, 5.41) is 14.5. The predicted molar refractivity (Wildman–Crippen MR) is 123 cm³/mol. The highest BCUT2D eigenvalue weighted by atomic mass is 35.5. The fourth-order valence-electron chi connectivity index (χ4n) is 3.41. The number of aliphatic hydroxyl groups excluding tert-OH is 1. The van der Waals surface area contributed by atoms with Gasteiger partial charge in [-0.25, -0.2) is 9.29 Å². The number of nitrogens with zero attached hydrogens (tertiary/aromatic N) is 3. The quantitative estimate of drug-likeness (QED) is 0.489. The number of carbonyl (C=O) groups excluding carboxylic acids is 1. The Bertz CT molecular complexity index is 1050. The molecule has 3 aromatic rings. The van der Waals surface area contributed by atoms with E-state index in [1.807, 2.05) is 36.4 Å². The average Bonchev–Trinajstić information content (AvgIpc) is 2.78. The van der Waals surface area contributed by atoms with Gasteiger partial charge in [-0.1, -0.05) is 23.7 Å². The van der Waals surface area contributed by atoms with Crippen LogP contribution in [-0.2, 0) is 0 Å². The number of nitrogens with one attached hydrogen (secondary N) is 1. The normalized spacial score (nSPS) is 19.2. The van der Waals surface area contributed by atoms with E-state index in [2.05, 4.69) is 19.6 Å². The van der Waals surface area contributed by atoms with Crippen LogP contribution in [0.1, 0.15) is 16.9 Å². The Kier molecular flexibility index (Phi) is 6.72. The Morgan fingerprint density at radius 2 is 1.97 bits per heavy atom. The number of anilines is 1. The zero-order valence-electron chi connectivity index (χ0n) is 16.6. The van der Waals surface area contributed by atoms with Crippen LogP contribution in [0, 0.1) is 0 Å². The lowest BCUT2D eigenvalue weighted by atomic mass is 10.0. The number of piperidine rings is 1. The summed E-state index contributed by atoms with van der Waals surface area (Å²) in [5.74, 6) is 0.165. The van der Waals surface area contributed by atoms with E-state index >= 15 is 0 Å². The number of nitrogens with two attached hydrogens (primary N) is 1. The van der Waals surface area contributed by atoms with Crippen LogP contribution >= 0.6 is 23.5 Å². The smallest absolute Gasteiger partial charge is 0.267 e. The van der Waals surface area contributed by atoms with Crippen LogP contribution in [0.25, 0.3) is 11.1 Å². The maximum absolute atomic E-state index is 11.3. The van der Waals surface area contributed by atoms with Crippen molar-refractivity contribution in [2.24, 2.45) is 5.73 Å². The fraction of sp³-hybridized carbons (Fsp3) is 0.227. The Morgan fingerprint density at radius 1 is 1.16 bits per heavy atom. The molecular weight excluding hydrogens is 434 g/mol. The first-order valence-corrected chi connectivity index (χ1v) is 11.0. The van der Waals surface area contributed by atoms with Crippen molar-refractivity contribution in [3.05, 3.63) is 71.6 Å². The van der Waals surface area contributed by atoms with E-state index in [1.165, 1.54) is 0 Å². The molecule has 4 N–H and O–H groups in total. The zero-order valence-corrected chi connectivity index (χ0v) is 18.2. The monoisotopic (exact) mass is 455 g/mol. The maximum Gasteiger partial charge on any atom is 0.267 e. The van der Waals surface area contributed by atoms with Crippen LogP contribution in [0.5, 0.6) is 0 Å². The molecule has 0 bridgehead atoms. The number of amides is 1. The minimum Gasteiger partial charge on any atom is -0.390 e. The molecule has 1 aliphatic heterocycles. The van der Waals surface area contributed by atoms with Gasteiger partial charge in [-0.3, -0.25) is 9.78 Å². The highest BCUT2D eigenvalue weighted by Gasteiger charge is 2.28. The molecule has 4 rings (SSSR count). The number of benzene rings is 1. The molecule has 0 spiro atoms. The van der Waals surface area contributed by atoms with Gasteiger partial charge in [0.1, 0.15) is 11.5 Å². The molecule has 1 saturated heterocycles. The molecule has 31 heavy (non-hydrogen) atoms. The van der Waals surface area contributed by atoms with Gasteiger partial charge in [-0.05, 0) is 65.9 Å². The third kappa shape index (κ3) is 5.54. The van der Waals surface area contributed by atoms with Crippen LogP contribution in [0.3, 0.4) is 0 Å². The Labute approximate surface area is 189 Å². The lowest BCUT2D eigenvalue weighted by Crippen LogP contribution is -2.47. The molecule has 0 saturated carbocycles. The molecule has 160 valence electrons. The van der Waals surface area contributed by atoms with Gasteiger partial charge >= 0.3 is 0 Å². The SMILES string of the molecule is NC(=O)c1cc(-c2ccc(SN3CCC(Nc4ccc(Cl)cn4)C(O)C3)cc2)ccn1. The number of aliphatic hydroxyl groups is 1.